The van der Waals surface area contributed by atoms with Crippen molar-refractivity contribution in [3.05, 3.63) is 35.9 Å². The van der Waals surface area contributed by atoms with Gasteiger partial charge in [-0.15, -0.1) is 0 Å². The van der Waals surface area contributed by atoms with Crippen LogP contribution in [0.1, 0.15) is 68.9 Å². The van der Waals surface area contributed by atoms with Crippen molar-refractivity contribution in [1.82, 2.24) is 0 Å². The molecule has 0 nitrogen and oxygen atoms in total. The SMILES string of the molecule is C.C.CC(C)(C)C.CC(C)(C)c1ccccc1. The molecule has 0 aliphatic rings. The first-order chi connectivity index (χ1) is 6.61. The monoisotopic (exact) mass is 238 g/mol. The van der Waals surface area contributed by atoms with Gasteiger partial charge in [0.25, 0.3) is 0 Å². The minimum Gasteiger partial charge on any atom is -0.0776 e. The molecule has 1 aromatic carbocycles. The van der Waals surface area contributed by atoms with Crippen LogP contribution in [0.15, 0.2) is 30.3 Å². The van der Waals surface area contributed by atoms with Crippen molar-refractivity contribution in [2.24, 2.45) is 5.41 Å². The van der Waals surface area contributed by atoms with Gasteiger partial charge in [0, 0.05) is 0 Å². The van der Waals surface area contributed by atoms with Gasteiger partial charge >= 0.3 is 0 Å². The van der Waals surface area contributed by atoms with E-state index in [2.05, 4.69) is 78.8 Å². The Hall–Kier alpha value is -0.780. The van der Waals surface area contributed by atoms with Crippen molar-refractivity contribution >= 4 is 0 Å². The summed E-state index contributed by atoms with van der Waals surface area (Å²) in [4.78, 5) is 0. The van der Waals surface area contributed by atoms with E-state index in [1.807, 2.05) is 0 Å². The Morgan fingerprint density at radius 1 is 0.647 bits per heavy atom. The average molecular weight is 238 g/mol. The minimum absolute atomic E-state index is 0. The van der Waals surface area contributed by atoms with Gasteiger partial charge in [-0.2, -0.15) is 0 Å². The van der Waals surface area contributed by atoms with Crippen LogP contribution in [-0.2, 0) is 5.41 Å². The molecule has 0 saturated carbocycles. The van der Waals surface area contributed by atoms with Gasteiger partial charge in [-0.3, -0.25) is 0 Å². The summed E-state index contributed by atoms with van der Waals surface area (Å²) in [5, 5.41) is 0. The van der Waals surface area contributed by atoms with Gasteiger partial charge < -0.3 is 0 Å². The molecule has 1 aromatic rings. The highest BCUT2D eigenvalue weighted by Gasteiger charge is 2.11. The van der Waals surface area contributed by atoms with E-state index >= 15 is 0 Å². The molecule has 1 rings (SSSR count). The van der Waals surface area contributed by atoms with E-state index in [1.165, 1.54) is 5.56 Å². The maximum absolute atomic E-state index is 2.22. The molecule has 17 heavy (non-hydrogen) atoms. The topological polar surface area (TPSA) is 0 Å². The zero-order valence-electron chi connectivity index (χ0n) is 11.4. The molecule has 0 N–H and O–H groups in total. The van der Waals surface area contributed by atoms with Crippen LogP contribution in [0, 0.1) is 5.41 Å². The van der Waals surface area contributed by atoms with Crippen LogP contribution in [0.4, 0.5) is 0 Å². The zero-order valence-corrected chi connectivity index (χ0v) is 11.4. The standard InChI is InChI=1S/C10H14.C5H12.2CH4/c1-10(2,3)9-7-5-4-6-8-9;1-5(2,3)4;;/h4-8H,1-3H3;1-4H3;2*1H4. The number of benzene rings is 1. The van der Waals surface area contributed by atoms with Crippen molar-refractivity contribution in [1.29, 1.82) is 0 Å². The molecule has 0 radical (unpaired) electrons. The summed E-state index contributed by atoms with van der Waals surface area (Å²) in [6.07, 6.45) is 0. The van der Waals surface area contributed by atoms with E-state index < -0.39 is 0 Å². The summed E-state index contributed by atoms with van der Waals surface area (Å²) in [5.74, 6) is 0. The van der Waals surface area contributed by atoms with E-state index in [9.17, 15) is 0 Å². The Morgan fingerprint density at radius 3 is 1.12 bits per heavy atom. The maximum atomic E-state index is 2.22. The minimum atomic E-state index is 0. The quantitative estimate of drug-likeness (QED) is 0.497. The Labute approximate surface area is 110 Å². The molecule has 102 valence electrons. The summed E-state index contributed by atoms with van der Waals surface area (Å²) < 4.78 is 0. The van der Waals surface area contributed by atoms with Crippen LogP contribution in [0.5, 0.6) is 0 Å². The second kappa shape index (κ2) is 8.33. The third-order valence-corrected chi connectivity index (χ3v) is 1.64. The highest BCUT2D eigenvalue weighted by Crippen LogP contribution is 2.20. The van der Waals surface area contributed by atoms with Crippen molar-refractivity contribution in [2.45, 2.75) is 68.7 Å². The van der Waals surface area contributed by atoms with Crippen molar-refractivity contribution < 1.29 is 0 Å². The first-order valence-corrected chi connectivity index (χ1v) is 5.66. The van der Waals surface area contributed by atoms with Crippen molar-refractivity contribution in [3.63, 3.8) is 0 Å². The lowest BCUT2D eigenvalue weighted by molar-refractivity contribution is 0.469. The highest BCUT2D eigenvalue weighted by atomic mass is 14.2. The molecule has 0 heteroatoms. The molecule has 0 saturated heterocycles. The van der Waals surface area contributed by atoms with Gasteiger partial charge in [-0.1, -0.05) is 93.7 Å². The zero-order chi connectivity index (χ0) is 12.1. The Morgan fingerprint density at radius 2 is 0.941 bits per heavy atom. The molecular weight excluding hydrogens is 204 g/mol. The van der Waals surface area contributed by atoms with Crippen LogP contribution in [0.25, 0.3) is 0 Å². The van der Waals surface area contributed by atoms with Gasteiger partial charge in [-0.25, -0.2) is 0 Å². The lowest BCUT2D eigenvalue weighted by Crippen LogP contribution is -2.10. The van der Waals surface area contributed by atoms with Crippen molar-refractivity contribution in [2.75, 3.05) is 0 Å². The lowest BCUT2D eigenvalue weighted by atomic mass is 9.87. The number of hydrogen-bond donors (Lipinski definition) is 0. The molecule has 0 atom stereocenters. The van der Waals surface area contributed by atoms with Gasteiger partial charge in [0.05, 0.1) is 0 Å². The summed E-state index contributed by atoms with van der Waals surface area (Å²) in [7, 11) is 0. The fourth-order valence-electron chi connectivity index (χ4n) is 0.938. The lowest BCUT2D eigenvalue weighted by Gasteiger charge is -2.18. The first kappa shape index (κ1) is 21.5. The molecule has 0 spiro atoms. The molecule has 0 amide bonds. The molecule has 0 aromatic heterocycles. The van der Waals surface area contributed by atoms with Crippen LogP contribution in [0.3, 0.4) is 0 Å². The van der Waals surface area contributed by atoms with Crippen LogP contribution < -0.4 is 0 Å². The predicted molar refractivity (Wildman–Crippen MR) is 83.7 cm³/mol. The second-order valence-corrected chi connectivity index (χ2v) is 6.62. The molecule has 0 bridgehead atoms. The van der Waals surface area contributed by atoms with Crippen LogP contribution in [0.2, 0.25) is 0 Å². The summed E-state index contributed by atoms with van der Waals surface area (Å²) in [5.41, 5.74) is 2.19. The van der Waals surface area contributed by atoms with E-state index in [0.717, 1.165) is 0 Å². The van der Waals surface area contributed by atoms with Gasteiger partial charge in [0.1, 0.15) is 0 Å². The number of hydrogen-bond acceptors (Lipinski definition) is 0. The molecular formula is C17H34. The largest absolute Gasteiger partial charge is 0.0776 e. The maximum Gasteiger partial charge on any atom is -0.0132 e. The van der Waals surface area contributed by atoms with Crippen LogP contribution in [-0.4, -0.2) is 0 Å². The number of rotatable bonds is 0. The van der Waals surface area contributed by atoms with E-state index in [4.69, 9.17) is 0 Å². The first-order valence-electron chi connectivity index (χ1n) is 5.66. The Balaban J connectivity index is -0.000000247. The molecule has 0 aliphatic heterocycles. The normalized spacial score (nSPS) is 10.3. The van der Waals surface area contributed by atoms with E-state index in [1.54, 1.807) is 0 Å². The highest BCUT2D eigenvalue weighted by molar-refractivity contribution is 5.21. The third kappa shape index (κ3) is 15.2. The second-order valence-electron chi connectivity index (χ2n) is 6.62. The van der Waals surface area contributed by atoms with Crippen LogP contribution >= 0.6 is 0 Å². The predicted octanol–water partition coefficient (Wildman–Crippen LogP) is 6.31. The Kier molecular flexibility index (Phi) is 10.5. The summed E-state index contributed by atoms with van der Waals surface area (Å²) in [6.45, 7) is 15.4. The van der Waals surface area contributed by atoms with Gasteiger partial charge in [0.15, 0.2) is 0 Å². The fourth-order valence-corrected chi connectivity index (χ4v) is 0.938. The van der Waals surface area contributed by atoms with Crippen molar-refractivity contribution in [3.8, 4) is 0 Å². The summed E-state index contributed by atoms with van der Waals surface area (Å²) in [6, 6.07) is 10.6. The average Bonchev–Trinajstić information content (AvgIpc) is 2.01. The van der Waals surface area contributed by atoms with E-state index in [0.29, 0.717) is 10.8 Å². The third-order valence-electron chi connectivity index (χ3n) is 1.64. The molecule has 0 fully saturated rings. The molecule has 0 aliphatic carbocycles. The summed E-state index contributed by atoms with van der Waals surface area (Å²) >= 11 is 0. The molecule has 0 heterocycles. The van der Waals surface area contributed by atoms with Gasteiger partial charge in [0.2, 0.25) is 0 Å². The smallest absolute Gasteiger partial charge is 0.0132 e. The Bertz CT molecular complexity index is 250. The van der Waals surface area contributed by atoms with Gasteiger partial charge in [-0.05, 0) is 16.4 Å². The molecule has 0 unspecified atom stereocenters. The van der Waals surface area contributed by atoms with E-state index in [-0.39, 0.29) is 14.9 Å². The fraction of sp³-hybridized carbons (Fsp3) is 0.647.